The van der Waals surface area contributed by atoms with Gasteiger partial charge in [-0.05, 0) is 12.1 Å². The Kier molecular flexibility index (Phi) is 3.29. The van der Waals surface area contributed by atoms with Gasteiger partial charge in [-0.1, -0.05) is 59.9 Å². The van der Waals surface area contributed by atoms with E-state index in [4.69, 9.17) is 0 Å². The van der Waals surface area contributed by atoms with Crippen molar-refractivity contribution in [2.75, 3.05) is 5.32 Å². The van der Waals surface area contributed by atoms with E-state index in [1.807, 2.05) is 24.3 Å². The van der Waals surface area contributed by atoms with Crippen molar-refractivity contribution in [3.63, 3.8) is 0 Å². The van der Waals surface area contributed by atoms with E-state index in [1.165, 1.54) is 11.3 Å². The molecule has 1 heterocycles. The minimum Gasteiger partial charge on any atom is -0.231 e. The topological polar surface area (TPSA) is 15.9 Å². The van der Waals surface area contributed by atoms with Gasteiger partial charge in [0.15, 0.2) is 0 Å². The summed E-state index contributed by atoms with van der Waals surface area (Å²) in [6.45, 7) is 0. The molecule has 0 radical (unpaired) electrons. The van der Waals surface area contributed by atoms with Gasteiger partial charge in [-0.25, -0.2) is 9.88 Å². The molecule has 94 valence electrons. The summed E-state index contributed by atoms with van der Waals surface area (Å²) in [7, 11) is 2.09. The van der Waals surface area contributed by atoms with Crippen LogP contribution < -0.4 is 9.88 Å². The number of nitrogens with zero attached hydrogens (tertiary/aromatic N) is 1. The standard InChI is InChI=1S/C16H14N2S/c1-18-15(13-8-4-2-5-9-13)12-19-16(18)17-14-10-6-3-7-11-14/h2-12H,1H3/p+1. The molecule has 3 heteroatoms. The third-order valence-electron chi connectivity index (χ3n) is 3.04. The maximum absolute atomic E-state index is 3.44. The summed E-state index contributed by atoms with van der Waals surface area (Å²) >= 11 is 1.72. The van der Waals surface area contributed by atoms with Gasteiger partial charge in [-0.2, -0.15) is 0 Å². The van der Waals surface area contributed by atoms with Crippen LogP contribution in [-0.2, 0) is 7.05 Å². The Balaban J connectivity index is 1.92. The zero-order valence-electron chi connectivity index (χ0n) is 10.7. The van der Waals surface area contributed by atoms with Crippen molar-refractivity contribution in [1.82, 2.24) is 0 Å². The van der Waals surface area contributed by atoms with Gasteiger partial charge in [0, 0.05) is 10.9 Å². The van der Waals surface area contributed by atoms with Crippen molar-refractivity contribution in [2.45, 2.75) is 0 Å². The van der Waals surface area contributed by atoms with Crippen LogP contribution in [0.1, 0.15) is 0 Å². The molecule has 3 aromatic rings. The lowest BCUT2D eigenvalue weighted by Gasteiger charge is -2.00. The molecule has 2 nitrogen and oxygen atoms in total. The number of aromatic nitrogens is 1. The van der Waals surface area contributed by atoms with Crippen LogP contribution in [0, 0.1) is 0 Å². The summed E-state index contributed by atoms with van der Waals surface area (Å²) in [4.78, 5) is 0. The Morgan fingerprint density at radius 2 is 1.53 bits per heavy atom. The van der Waals surface area contributed by atoms with Crippen molar-refractivity contribution >= 4 is 22.2 Å². The van der Waals surface area contributed by atoms with E-state index in [0.717, 1.165) is 10.8 Å². The first-order valence-corrected chi connectivity index (χ1v) is 7.07. The molecule has 0 spiro atoms. The molecule has 0 aliphatic heterocycles. The monoisotopic (exact) mass is 267 g/mol. The molecule has 1 N–H and O–H groups in total. The molecular weight excluding hydrogens is 252 g/mol. The van der Waals surface area contributed by atoms with Crippen LogP contribution in [0.4, 0.5) is 10.8 Å². The second-order valence-corrected chi connectivity index (χ2v) is 5.20. The third-order valence-corrected chi connectivity index (χ3v) is 3.98. The first-order chi connectivity index (χ1) is 9.34. The predicted octanol–water partition coefficient (Wildman–Crippen LogP) is 3.98. The van der Waals surface area contributed by atoms with Gasteiger partial charge < -0.3 is 0 Å². The second kappa shape index (κ2) is 5.24. The molecule has 0 saturated heterocycles. The zero-order valence-corrected chi connectivity index (χ0v) is 11.5. The molecule has 19 heavy (non-hydrogen) atoms. The summed E-state index contributed by atoms with van der Waals surface area (Å²) in [5.41, 5.74) is 3.57. The van der Waals surface area contributed by atoms with Crippen LogP contribution in [0.2, 0.25) is 0 Å². The average Bonchev–Trinajstić information content (AvgIpc) is 2.82. The SMILES string of the molecule is C[n+]1c(-c2ccccc2)csc1Nc1ccccc1. The van der Waals surface area contributed by atoms with E-state index in [2.05, 4.69) is 58.7 Å². The van der Waals surface area contributed by atoms with Crippen molar-refractivity contribution in [3.8, 4) is 11.3 Å². The van der Waals surface area contributed by atoms with Gasteiger partial charge in [0.25, 0.3) is 0 Å². The Labute approximate surface area is 117 Å². The van der Waals surface area contributed by atoms with Gasteiger partial charge in [-0.3, -0.25) is 0 Å². The summed E-state index contributed by atoms with van der Waals surface area (Å²) in [5, 5.41) is 6.75. The molecular formula is C16H15N2S+. The van der Waals surface area contributed by atoms with E-state index in [9.17, 15) is 0 Å². The van der Waals surface area contributed by atoms with Gasteiger partial charge >= 0.3 is 5.13 Å². The fourth-order valence-electron chi connectivity index (χ4n) is 2.01. The van der Waals surface area contributed by atoms with E-state index in [0.29, 0.717) is 0 Å². The molecule has 0 unspecified atom stereocenters. The van der Waals surface area contributed by atoms with E-state index in [-0.39, 0.29) is 0 Å². The number of hydrogen-bond donors (Lipinski definition) is 1. The molecule has 1 aromatic heterocycles. The number of hydrogen-bond acceptors (Lipinski definition) is 2. The summed E-state index contributed by atoms with van der Waals surface area (Å²) in [6, 6.07) is 20.7. The smallest absolute Gasteiger partial charge is 0.231 e. The van der Waals surface area contributed by atoms with Crippen molar-refractivity contribution < 1.29 is 4.57 Å². The van der Waals surface area contributed by atoms with Gasteiger partial charge in [-0.15, -0.1) is 0 Å². The summed E-state index contributed by atoms with van der Waals surface area (Å²) in [6.07, 6.45) is 0. The largest absolute Gasteiger partial charge is 0.339 e. The highest BCUT2D eigenvalue weighted by Crippen LogP contribution is 2.24. The van der Waals surface area contributed by atoms with Gasteiger partial charge in [0.1, 0.15) is 11.4 Å². The predicted molar refractivity (Wildman–Crippen MR) is 80.7 cm³/mol. The third kappa shape index (κ3) is 2.51. The molecule has 3 rings (SSSR count). The number of rotatable bonds is 3. The number of thiazole rings is 1. The Morgan fingerprint density at radius 1 is 0.895 bits per heavy atom. The lowest BCUT2D eigenvalue weighted by molar-refractivity contribution is -0.641. The highest BCUT2D eigenvalue weighted by Gasteiger charge is 2.15. The molecule has 0 amide bonds. The average molecular weight is 267 g/mol. The highest BCUT2D eigenvalue weighted by atomic mass is 32.1. The zero-order chi connectivity index (χ0) is 13.1. The summed E-state index contributed by atoms with van der Waals surface area (Å²) < 4.78 is 2.19. The Hall–Kier alpha value is -2.13. The van der Waals surface area contributed by atoms with Gasteiger partial charge in [0.05, 0.1) is 7.05 Å². The molecule has 0 bridgehead atoms. The first kappa shape index (κ1) is 11.9. The van der Waals surface area contributed by atoms with Crippen LogP contribution in [0.3, 0.4) is 0 Å². The van der Waals surface area contributed by atoms with Crippen molar-refractivity contribution in [2.24, 2.45) is 7.05 Å². The number of anilines is 2. The molecule has 2 aromatic carbocycles. The minimum atomic E-state index is 1.11. The molecule has 0 aliphatic carbocycles. The van der Waals surface area contributed by atoms with Crippen LogP contribution in [0.25, 0.3) is 11.3 Å². The first-order valence-electron chi connectivity index (χ1n) is 6.19. The van der Waals surface area contributed by atoms with E-state index in [1.54, 1.807) is 11.3 Å². The van der Waals surface area contributed by atoms with E-state index < -0.39 is 0 Å². The van der Waals surface area contributed by atoms with Crippen LogP contribution in [0.5, 0.6) is 0 Å². The number of benzene rings is 2. The number of nitrogens with one attached hydrogen (secondary N) is 1. The second-order valence-electron chi connectivity index (χ2n) is 4.34. The molecule has 0 fully saturated rings. The molecule has 0 saturated carbocycles. The lowest BCUT2D eigenvalue weighted by atomic mass is 10.2. The number of para-hydroxylation sites is 1. The summed E-state index contributed by atoms with van der Waals surface area (Å²) in [5.74, 6) is 0. The van der Waals surface area contributed by atoms with E-state index >= 15 is 0 Å². The molecule has 0 aliphatic rings. The molecule has 0 atom stereocenters. The fraction of sp³-hybridized carbons (Fsp3) is 0.0625. The van der Waals surface area contributed by atoms with Crippen LogP contribution >= 0.6 is 11.3 Å². The van der Waals surface area contributed by atoms with Crippen molar-refractivity contribution in [1.29, 1.82) is 0 Å². The Morgan fingerprint density at radius 3 is 2.21 bits per heavy atom. The highest BCUT2D eigenvalue weighted by molar-refractivity contribution is 7.13. The quantitative estimate of drug-likeness (QED) is 0.710. The fourth-order valence-corrected chi connectivity index (χ4v) is 2.96. The maximum atomic E-state index is 3.44. The van der Waals surface area contributed by atoms with Gasteiger partial charge in [0.2, 0.25) is 0 Å². The normalized spacial score (nSPS) is 10.4. The minimum absolute atomic E-state index is 1.11. The Bertz CT molecular complexity index is 660. The van der Waals surface area contributed by atoms with Crippen LogP contribution in [0.15, 0.2) is 66.0 Å². The van der Waals surface area contributed by atoms with Crippen molar-refractivity contribution in [3.05, 3.63) is 66.0 Å². The maximum Gasteiger partial charge on any atom is 0.339 e. The van der Waals surface area contributed by atoms with Crippen LogP contribution in [-0.4, -0.2) is 0 Å². The lowest BCUT2D eigenvalue weighted by Crippen LogP contribution is -2.30.